The Morgan fingerprint density at radius 2 is 2.22 bits per heavy atom. The van der Waals surface area contributed by atoms with Crippen LogP contribution in [-0.2, 0) is 11.3 Å². The van der Waals surface area contributed by atoms with Gasteiger partial charge in [0, 0.05) is 30.3 Å². The molecule has 100 valence electrons. The Morgan fingerprint density at radius 3 is 2.94 bits per heavy atom. The monoisotopic (exact) mass is 289 g/mol. The zero-order chi connectivity index (χ0) is 13.0. The van der Waals surface area contributed by atoms with Gasteiger partial charge in [-0.05, 0) is 37.4 Å². The van der Waals surface area contributed by atoms with E-state index in [1.54, 1.807) is 6.07 Å². The summed E-state index contributed by atoms with van der Waals surface area (Å²) >= 11 is 11.8. The van der Waals surface area contributed by atoms with Crippen LogP contribution in [0.3, 0.4) is 0 Å². The van der Waals surface area contributed by atoms with E-state index < -0.39 is 0 Å². The second-order valence-corrected chi connectivity index (χ2v) is 5.43. The van der Waals surface area contributed by atoms with E-state index in [0.29, 0.717) is 22.5 Å². The number of nitrogens with one attached hydrogen (secondary N) is 1. The Balaban J connectivity index is 1.79. The highest BCUT2D eigenvalue weighted by Crippen LogP contribution is 2.30. The highest BCUT2D eigenvalue weighted by molar-refractivity contribution is 6.35. The van der Waals surface area contributed by atoms with Gasteiger partial charge in [-0.3, -0.25) is 0 Å². The average molecular weight is 290 g/mol. The van der Waals surface area contributed by atoms with Gasteiger partial charge in [0.15, 0.2) is 0 Å². The molecule has 0 aromatic heterocycles. The van der Waals surface area contributed by atoms with Crippen LogP contribution in [0.4, 0.5) is 0 Å². The molecule has 0 saturated carbocycles. The first-order valence-electron chi connectivity index (χ1n) is 6.12. The highest BCUT2D eigenvalue weighted by atomic mass is 35.5. The summed E-state index contributed by atoms with van der Waals surface area (Å²) in [6, 6.07) is 3.27. The van der Waals surface area contributed by atoms with Gasteiger partial charge in [0.05, 0.1) is 5.02 Å². The molecule has 1 aliphatic heterocycles. The number of ether oxygens (including phenoxy) is 1. The van der Waals surface area contributed by atoms with Gasteiger partial charge in [-0.15, -0.1) is 0 Å². The number of halogens is 2. The lowest BCUT2D eigenvalue weighted by Crippen LogP contribution is -2.18. The molecule has 0 amide bonds. The largest absolute Gasteiger partial charge is 0.506 e. The average Bonchev–Trinajstić information content (AvgIpc) is 2.83. The van der Waals surface area contributed by atoms with Crippen LogP contribution in [-0.4, -0.2) is 24.9 Å². The topological polar surface area (TPSA) is 41.5 Å². The Morgan fingerprint density at radius 1 is 1.39 bits per heavy atom. The molecule has 0 radical (unpaired) electrons. The molecule has 0 bridgehead atoms. The van der Waals surface area contributed by atoms with E-state index >= 15 is 0 Å². The van der Waals surface area contributed by atoms with Gasteiger partial charge >= 0.3 is 0 Å². The zero-order valence-electron chi connectivity index (χ0n) is 10.1. The fourth-order valence-corrected chi connectivity index (χ4v) is 2.63. The predicted octanol–water partition coefficient (Wildman–Crippen LogP) is 3.22. The summed E-state index contributed by atoms with van der Waals surface area (Å²) in [7, 11) is 0. The molecule has 3 nitrogen and oxygen atoms in total. The molecule has 2 N–H and O–H groups in total. The minimum atomic E-state index is 0.109. The third kappa shape index (κ3) is 3.75. The van der Waals surface area contributed by atoms with E-state index in [2.05, 4.69) is 5.32 Å². The number of rotatable bonds is 5. The van der Waals surface area contributed by atoms with E-state index in [1.807, 2.05) is 0 Å². The molecule has 5 heteroatoms. The first-order valence-corrected chi connectivity index (χ1v) is 6.87. The first kappa shape index (κ1) is 13.9. The molecule has 1 unspecified atom stereocenters. The summed E-state index contributed by atoms with van der Waals surface area (Å²) < 4.78 is 5.32. The van der Waals surface area contributed by atoms with E-state index in [4.69, 9.17) is 27.9 Å². The summed E-state index contributed by atoms with van der Waals surface area (Å²) in [6.07, 6.45) is 2.24. The minimum Gasteiger partial charge on any atom is -0.506 e. The number of hydrogen-bond acceptors (Lipinski definition) is 3. The van der Waals surface area contributed by atoms with E-state index in [0.717, 1.165) is 38.2 Å². The Hall–Kier alpha value is -0.480. The van der Waals surface area contributed by atoms with Crippen molar-refractivity contribution in [3.63, 3.8) is 0 Å². The number of phenolic OH excluding ortho intramolecular Hbond substituents is 1. The fraction of sp³-hybridized carbons (Fsp3) is 0.538. The van der Waals surface area contributed by atoms with Crippen LogP contribution in [0.15, 0.2) is 12.1 Å². The number of benzene rings is 1. The van der Waals surface area contributed by atoms with Gasteiger partial charge < -0.3 is 15.2 Å². The molecule has 0 aliphatic carbocycles. The van der Waals surface area contributed by atoms with Crippen molar-refractivity contribution < 1.29 is 9.84 Å². The van der Waals surface area contributed by atoms with E-state index in [1.165, 1.54) is 6.07 Å². The maximum Gasteiger partial charge on any atom is 0.138 e. The molecule has 1 fully saturated rings. The summed E-state index contributed by atoms with van der Waals surface area (Å²) in [4.78, 5) is 0. The van der Waals surface area contributed by atoms with Gasteiger partial charge in [-0.25, -0.2) is 0 Å². The van der Waals surface area contributed by atoms with Crippen molar-refractivity contribution in [2.75, 3.05) is 19.8 Å². The third-order valence-corrected chi connectivity index (χ3v) is 3.68. The van der Waals surface area contributed by atoms with Crippen molar-refractivity contribution in [1.29, 1.82) is 0 Å². The Bertz CT molecular complexity index is 406. The molecule has 1 aromatic rings. The standard InChI is InChI=1S/C13H17Cl2NO2/c14-11-5-10(13(17)12(15)6-11)7-16-3-1-9-2-4-18-8-9/h5-6,9,16-17H,1-4,7-8H2. The first-order chi connectivity index (χ1) is 8.66. The summed E-state index contributed by atoms with van der Waals surface area (Å²) in [5.74, 6) is 0.770. The normalized spacial score (nSPS) is 19.3. The van der Waals surface area contributed by atoms with Crippen molar-refractivity contribution in [1.82, 2.24) is 5.32 Å². The van der Waals surface area contributed by atoms with Gasteiger partial charge in [-0.2, -0.15) is 0 Å². The molecular weight excluding hydrogens is 273 g/mol. The maximum absolute atomic E-state index is 9.78. The van der Waals surface area contributed by atoms with Crippen molar-refractivity contribution in [3.8, 4) is 5.75 Å². The number of hydrogen-bond donors (Lipinski definition) is 2. The lowest BCUT2D eigenvalue weighted by Gasteiger charge is -2.10. The van der Waals surface area contributed by atoms with Crippen molar-refractivity contribution in [2.24, 2.45) is 5.92 Å². The van der Waals surface area contributed by atoms with Crippen LogP contribution in [0.2, 0.25) is 10.0 Å². The van der Waals surface area contributed by atoms with Gasteiger partial charge in [0.2, 0.25) is 0 Å². The Kier molecular flexibility index (Phi) is 5.13. The fourth-order valence-electron chi connectivity index (χ4n) is 2.09. The minimum absolute atomic E-state index is 0.109. The van der Waals surface area contributed by atoms with Gasteiger partial charge in [0.1, 0.15) is 5.75 Å². The van der Waals surface area contributed by atoms with Crippen molar-refractivity contribution in [2.45, 2.75) is 19.4 Å². The second kappa shape index (κ2) is 6.62. The second-order valence-electron chi connectivity index (χ2n) is 4.59. The quantitative estimate of drug-likeness (QED) is 0.818. The molecule has 1 saturated heterocycles. The molecule has 1 aromatic carbocycles. The van der Waals surface area contributed by atoms with Gasteiger partial charge in [-0.1, -0.05) is 23.2 Å². The molecule has 1 atom stereocenters. The zero-order valence-corrected chi connectivity index (χ0v) is 11.6. The summed E-state index contributed by atoms with van der Waals surface area (Å²) in [5.41, 5.74) is 0.732. The predicted molar refractivity (Wildman–Crippen MR) is 73.4 cm³/mol. The highest BCUT2D eigenvalue weighted by Gasteiger charge is 2.14. The molecule has 1 aliphatic rings. The third-order valence-electron chi connectivity index (χ3n) is 3.18. The van der Waals surface area contributed by atoms with Crippen LogP contribution in [0.5, 0.6) is 5.75 Å². The Labute approximate surface area is 117 Å². The molecule has 0 spiro atoms. The molecule has 18 heavy (non-hydrogen) atoms. The molecule has 1 heterocycles. The van der Waals surface area contributed by atoms with Crippen LogP contribution in [0, 0.1) is 5.92 Å². The van der Waals surface area contributed by atoms with Crippen molar-refractivity contribution >= 4 is 23.2 Å². The SMILES string of the molecule is Oc1c(Cl)cc(Cl)cc1CNCCC1CCOC1. The van der Waals surface area contributed by atoms with Crippen molar-refractivity contribution in [3.05, 3.63) is 27.7 Å². The van der Waals surface area contributed by atoms with E-state index in [9.17, 15) is 5.11 Å². The van der Waals surface area contributed by atoms with Crippen LogP contribution in [0.25, 0.3) is 0 Å². The molecular formula is C13H17Cl2NO2. The van der Waals surface area contributed by atoms with Crippen LogP contribution < -0.4 is 5.32 Å². The number of phenols is 1. The van der Waals surface area contributed by atoms with Crippen LogP contribution >= 0.6 is 23.2 Å². The molecule has 2 rings (SSSR count). The summed E-state index contributed by atoms with van der Waals surface area (Å²) in [6.45, 7) is 3.22. The van der Waals surface area contributed by atoms with Gasteiger partial charge in [0.25, 0.3) is 0 Å². The maximum atomic E-state index is 9.78. The van der Waals surface area contributed by atoms with Crippen LogP contribution in [0.1, 0.15) is 18.4 Å². The smallest absolute Gasteiger partial charge is 0.138 e. The number of aromatic hydroxyl groups is 1. The van der Waals surface area contributed by atoms with E-state index in [-0.39, 0.29) is 5.75 Å². The lowest BCUT2D eigenvalue weighted by atomic mass is 10.1. The lowest BCUT2D eigenvalue weighted by molar-refractivity contribution is 0.184. The summed E-state index contributed by atoms with van der Waals surface area (Å²) in [5, 5.41) is 13.9.